The van der Waals surface area contributed by atoms with E-state index in [4.69, 9.17) is 0 Å². The van der Waals surface area contributed by atoms with Crippen molar-refractivity contribution in [1.82, 2.24) is 25.1 Å². The van der Waals surface area contributed by atoms with Gasteiger partial charge in [-0.3, -0.25) is 4.90 Å². The number of aromatic nitrogens is 4. The highest BCUT2D eigenvalue weighted by Crippen LogP contribution is 2.30. The first kappa shape index (κ1) is 20.7. The van der Waals surface area contributed by atoms with E-state index in [1.165, 1.54) is 16.7 Å². The molecule has 7 nitrogen and oxygen atoms in total. The molecule has 1 atom stereocenters. The van der Waals surface area contributed by atoms with Gasteiger partial charge in [-0.15, -0.1) is 5.10 Å². The predicted molar refractivity (Wildman–Crippen MR) is 115 cm³/mol. The number of piperidine rings is 1. The van der Waals surface area contributed by atoms with Crippen molar-refractivity contribution in [3.63, 3.8) is 0 Å². The summed E-state index contributed by atoms with van der Waals surface area (Å²) in [4.78, 5) is 2.63. The van der Waals surface area contributed by atoms with Gasteiger partial charge in [-0.1, -0.05) is 53.9 Å². The maximum absolute atomic E-state index is 13.0. The van der Waals surface area contributed by atoms with E-state index in [9.17, 15) is 8.42 Å². The average Bonchev–Trinajstić information content (AvgIpc) is 3.18. The molecule has 8 heteroatoms. The van der Waals surface area contributed by atoms with Crippen LogP contribution in [0.2, 0.25) is 0 Å². The SMILES string of the molecule is Cc1ccc([C@@H](c2nnnn2CS(=O)(=O)c2ccc(C)cc2)N2CCCCC2)cc1. The molecule has 1 aromatic heterocycles. The van der Waals surface area contributed by atoms with E-state index in [0.717, 1.165) is 37.1 Å². The van der Waals surface area contributed by atoms with Crippen molar-refractivity contribution >= 4 is 9.84 Å². The number of hydrogen-bond donors (Lipinski definition) is 0. The Morgan fingerprint density at radius 3 is 2.13 bits per heavy atom. The van der Waals surface area contributed by atoms with Crippen LogP contribution in [0.5, 0.6) is 0 Å². The van der Waals surface area contributed by atoms with Gasteiger partial charge >= 0.3 is 0 Å². The monoisotopic (exact) mass is 425 g/mol. The minimum atomic E-state index is -3.57. The van der Waals surface area contributed by atoms with E-state index in [1.807, 2.05) is 6.92 Å². The molecular weight excluding hydrogens is 398 g/mol. The Morgan fingerprint density at radius 2 is 1.50 bits per heavy atom. The Bertz CT molecular complexity index is 1090. The average molecular weight is 426 g/mol. The van der Waals surface area contributed by atoms with Crippen LogP contribution in [0.4, 0.5) is 0 Å². The van der Waals surface area contributed by atoms with Crippen LogP contribution in [-0.2, 0) is 15.7 Å². The molecule has 4 rings (SSSR count). The number of aryl methyl sites for hydroxylation is 2. The fourth-order valence-electron chi connectivity index (χ4n) is 3.93. The lowest BCUT2D eigenvalue weighted by molar-refractivity contribution is 0.178. The molecule has 1 aliphatic rings. The number of sulfone groups is 1. The number of nitrogens with zero attached hydrogens (tertiary/aromatic N) is 5. The number of tetrazole rings is 1. The molecule has 2 aromatic carbocycles. The van der Waals surface area contributed by atoms with Crippen molar-refractivity contribution in [3.8, 4) is 0 Å². The van der Waals surface area contributed by atoms with Crippen molar-refractivity contribution in [1.29, 1.82) is 0 Å². The molecule has 2 heterocycles. The Kier molecular flexibility index (Phi) is 5.97. The van der Waals surface area contributed by atoms with E-state index < -0.39 is 9.84 Å². The first-order chi connectivity index (χ1) is 14.4. The molecule has 0 amide bonds. The van der Waals surface area contributed by atoms with Crippen LogP contribution in [-0.4, -0.2) is 46.6 Å². The van der Waals surface area contributed by atoms with Crippen LogP contribution in [0.25, 0.3) is 0 Å². The summed E-state index contributed by atoms with van der Waals surface area (Å²) in [5.41, 5.74) is 3.27. The van der Waals surface area contributed by atoms with Crippen molar-refractivity contribution in [2.24, 2.45) is 0 Å². The Labute approximate surface area is 177 Å². The van der Waals surface area contributed by atoms with Gasteiger partial charge in [-0.2, -0.15) is 0 Å². The summed E-state index contributed by atoms with van der Waals surface area (Å²) in [5.74, 6) is 0.283. The van der Waals surface area contributed by atoms with Gasteiger partial charge in [0.25, 0.3) is 0 Å². The quantitative estimate of drug-likeness (QED) is 0.603. The molecule has 0 bridgehead atoms. The van der Waals surface area contributed by atoms with Crippen LogP contribution in [0.15, 0.2) is 53.4 Å². The summed E-state index contributed by atoms with van der Waals surface area (Å²) >= 11 is 0. The first-order valence-electron chi connectivity index (χ1n) is 10.3. The zero-order valence-electron chi connectivity index (χ0n) is 17.4. The molecule has 0 unspecified atom stereocenters. The second kappa shape index (κ2) is 8.65. The summed E-state index contributed by atoms with van der Waals surface area (Å²) in [6, 6.07) is 15.0. The minimum absolute atomic E-state index is 0.172. The van der Waals surface area contributed by atoms with E-state index in [1.54, 1.807) is 24.3 Å². The van der Waals surface area contributed by atoms with Gasteiger partial charge in [0, 0.05) is 0 Å². The van der Waals surface area contributed by atoms with E-state index in [2.05, 4.69) is 51.6 Å². The molecule has 1 saturated heterocycles. The van der Waals surface area contributed by atoms with Gasteiger partial charge < -0.3 is 0 Å². The van der Waals surface area contributed by atoms with Crippen LogP contribution in [0, 0.1) is 13.8 Å². The highest BCUT2D eigenvalue weighted by Gasteiger charge is 2.30. The highest BCUT2D eigenvalue weighted by molar-refractivity contribution is 7.90. The topological polar surface area (TPSA) is 81.0 Å². The van der Waals surface area contributed by atoms with Gasteiger partial charge in [0.05, 0.1) is 10.9 Å². The lowest BCUT2D eigenvalue weighted by Gasteiger charge is -2.34. The second-order valence-corrected chi connectivity index (χ2v) is 9.96. The van der Waals surface area contributed by atoms with Gasteiger partial charge in [0.1, 0.15) is 0 Å². The highest BCUT2D eigenvalue weighted by atomic mass is 32.2. The molecule has 3 aromatic rings. The predicted octanol–water partition coefficient (Wildman–Crippen LogP) is 3.30. The number of hydrogen-bond acceptors (Lipinski definition) is 6. The smallest absolute Gasteiger partial charge is 0.198 e. The normalized spacial score (nSPS) is 16.5. The van der Waals surface area contributed by atoms with Crippen molar-refractivity contribution in [3.05, 3.63) is 71.0 Å². The second-order valence-electron chi connectivity index (χ2n) is 8.00. The summed E-state index contributed by atoms with van der Waals surface area (Å²) in [6.45, 7) is 5.87. The van der Waals surface area contributed by atoms with Gasteiger partial charge in [-0.05, 0) is 67.9 Å². The molecule has 0 radical (unpaired) electrons. The third kappa shape index (κ3) is 4.44. The van der Waals surface area contributed by atoms with E-state index >= 15 is 0 Å². The lowest BCUT2D eigenvalue weighted by Crippen LogP contribution is -2.36. The molecule has 0 N–H and O–H groups in total. The van der Waals surface area contributed by atoms with Gasteiger partial charge in [-0.25, -0.2) is 13.1 Å². The maximum Gasteiger partial charge on any atom is 0.198 e. The standard InChI is InChI=1S/C22H27N5O2S/c1-17-6-10-19(11-7-17)21(26-14-4-3-5-15-26)22-23-24-25-27(22)16-30(28,29)20-12-8-18(2)9-13-20/h6-13,21H,3-5,14-16H2,1-2H3/t21-/m0/s1. The van der Waals surface area contributed by atoms with Crippen LogP contribution in [0.1, 0.15) is 47.8 Å². The molecule has 158 valence electrons. The lowest BCUT2D eigenvalue weighted by atomic mass is 10.00. The zero-order valence-corrected chi connectivity index (χ0v) is 18.2. The van der Waals surface area contributed by atoms with Crippen molar-refractivity contribution in [2.45, 2.75) is 49.9 Å². The van der Waals surface area contributed by atoms with Crippen molar-refractivity contribution < 1.29 is 8.42 Å². The first-order valence-corrected chi connectivity index (χ1v) is 12.0. The van der Waals surface area contributed by atoms with Crippen LogP contribution >= 0.6 is 0 Å². The molecular formula is C22H27N5O2S. The third-order valence-electron chi connectivity index (χ3n) is 5.63. The molecule has 0 aliphatic carbocycles. The summed E-state index contributed by atoms with van der Waals surface area (Å²) in [5, 5.41) is 12.2. The largest absolute Gasteiger partial charge is 0.290 e. The third-order valence-corrected chi connectivity index (χ3v) is 7.20. The fourth-order valence-corrected chi connectivity index (χ4v) is 5.13. The number of likely N-dealkylation sites (tertiary alicyclic amines) is 1. The molecule has 30 heavy (non-hydrogen) atoms. The maximum atomic E-state index is 13.0. The Morgan fingerprint density at radius 1 is 0.900 bits per heavy atom. The summed E-state index contributed by atoms with van der Waals surface area (Å²) in [6.07, 6.45) is 3.45. The number of benzene rings is 2. The van der Waals surface area contributed by atoms with Crippen molar-refractivity contribution in [2.75, 3.05) is 13.1 Å². The Balaban J connectivity index is 1.70. The zero-order chi connectivity index (χ0) is 21.1. The van der Waals surface area contributed by atoms with Gasteiger partial charge in [0.15, 0.2) is 21.5 Å². The molecule has 1 fully saturated rings. The number of rotatable bonds is 6. The van der Waals surface area contributed by atoms with Crippen LogP contribution in [0.3, 0.4) is 0 Å². The Hall–Kier alpha value is -2.58. The fraction of sp³-hybridized carbons (Fsp3) is 0.409. The molecule has 1 aliphatic heterocycles. The molecule has 0 saturated carbocycles. The van der Waals surface area contributed by atoms with Crippen LogP contribution < -0.4 is 0 Å². The van der Waals surface area contributed by atoms with E-state index in [-0.39, 0.29) is 16.8 Å². The minimum Gasteiger partial charge on any atom is -0.290 e. The summed E-state index contributed by atoms with van der Waals surface area (Å²) in [7, 11) is -3.57. The van der Waals surface area contributed by atoms with E-state index in [0.29, 0.717) is 5.82 Å². The summed E-state index contributed by atoms with van der Waals surface area (Å²) < 4.78 is 27.5. The molecule has 0 spiro atoms. The van der Waals surface area contributed by atoms with Gasteiger partial charge in [0.2, 0.25) is 0 Å².